The van der Waals surface area contributed by atoms with E-state index in [9.17, 15) is 9.18 Å². The lowest BCUT2D eigenvalue weighted by Crippen LogP contribution is -2.32. The van der Waals surface area contributed by atoms with Crippen LogP contribution in [0.4, 0.5) is 4.39 Å². The standard InChI is InChI=1S/C16H18FNO2S/c1-21-16(7-8-16)11-18-15(20)13-6-5-12(10-14(13)17)4-2-3-9-19/h5-6,10,19H,3,7-9,11H2,1H3,(H,18,20). The first kappa shape index (κ1) is 15.9. The van der Waals surface area contributed by atoms with Gasteiger partial charge < -0.3 is 10.4 Å². The molecule has 3 nitrogen and oxygen atoms in total. The van der Waals surface area contributed by atoms with E-state index in [1.165, 1.54) is 12.1 Å². The summed E-state index contributed by atoms with van der Waals surface area (Å²) >= 11 is 1.75. The van der Waals surface area contributed by atoms with Crippen LogP contribution in [0.2, 0.25) is 0 Å². The van der Waals surface area contributed by atoms with E-state index in [0.29, 0.717) is 18.5 Å². The Labute approximate surface area is 128 Å². The van der Waals surface area contributed by atoms with Crippen molar-refractivity contribution in [2.45, 2.75) is 24.0 Å². The van der Waals surface area contributed by atoms with Gasteiger partial charge in [0.05, 0.1) is 12.2 Å². The fraction of sp³-hybridized carbons (Fsp3) is 0.438. The molecule has 1 aromatic carbocycles. The van der Waals surface area contributed by atoms with Crippen molar-refractivity contribution in [3.05, 3.63) is 35.1 Å². The maximum absolute atomic E-state index is 13.9. The number of halogens is 1. The number of nitrogens with one attached hydrogen (secondary N) is 1. The van der Waals surface area contributed by atoms with Gasteiger partial charge in [-0.15, -0.1) is 0 Å². The molecule has 0 bridgehead atoms. The van der Waals surface area contributed by atoms with E-state index < -0.39 is 5.82 Å². The SMILES string of the molecule is CSC1(CNC(=O)c2ccc(C#CCCO)cc2F)CC1. The maximum atomic E-state index is 13.9. The molecule has 0 unspecified atom stereocenters. The lowest BCUT2D eigenvalue weighted by Gasteiger charge is -2.13. The second-order valence-corrected chi connectivity index (χ2v) is 6.31. The van der Waals surface area contributed by atoms with Crippen LogP contribution in [0.15, 0.2) is 18.2 Å². The molecule has 112 valence electrons. The van der Waals surface area contributed by atoms with E-state index in [2.05, 4.69) is 17.2 Å². The molecule has 2 rings (SSSR count). The lowest BCUT2D eigenvalue weighted by atomic mass is 10.1. The number of rotatable bonds is 5. The van der Waals surface area contributed by atoms with Gasteiger partial charge in [0, 0.05) is 23.3 Å². The minimum Gasteiger partial charge on any atom is -0.395 e. The fourth-order valence-corrected chi connectivity index (χ4v) is 2.65. The number of carbonyl (C=O) groups is 1. The van der Waals surface area contributed by atoms with Crippen molar-refractivity contribution in [1.82, 2.24) is 5.32 Å². The third-order valence-electron chi connectivity index (χ3n) is 3.50. The second-order valence-electron chi connectivity index (χ2n) is 5.04. The molecule has 0 atom stereocenters. The second kappa shape index (κ2) is 6.97. The summed E-state index contributed by atoms with van der Waals surface area (Å²) in [5.41, 5.74) is 0.542. The largest absolute Gasteiger partial charge is 0.395 e. The van der Waals surface area contributed by atoms with Crippen LogP contribution in [0.5, 0.6) is 0 Å². The van der Waals surface area contributed by atoms with Gasteiger partial charge in [0.2, 0.25) is 0 Å². The van der Waals surface area contributed by atoms with E-state index in [0.717, 1.165) is 12.8 Å². The van der Waals surface area contributed by atoms with Crippen LogP contribution in [0.1, 0.15) is 35.2 Å². The Balaban J connectivity index is 2.00. The summed E-state index contributed by atoms with van der Waals surface area (Å²) in [5, 5.41) is 11.4. The van der Waals surface area contributed by atoms with Crippen LogP contribution in [0.25, 0.3) is 0 Å². The first-order chi connectivity index (χ1) is 10.1. The Morgan fingerprint density at radius 2 is 2.29 bits per heavy atom. The van der Waals surface area contributed by atoms with Gasteiger partial charge in [-0.05, 0) is 37.3 Å². The molecule has 21 heavy (non-hydrogen) atoms. The van der Waals surface area contributed by atoms with Crippen molar-refractivity contribution in [2.75, 3.05) is 19.4 Å². The Bertz CT molecular complexity index is 588. The third-order valence-corrected chi connectivity index (χ3v) is 4.91. The number of aliphatic hydroxyl groups is 1. The summed E-state index contributed by atoms with van der Waals surface area (Å²) in [6.45, 7) is 0.553. The van der Waals surface area contributed by atoms with Gasteiger partial charge in [0.25, 0.3) is 5.91 Å². The highest BCUT2D eigenvalue weighted by Crippen LogP contribution is 2.46. The first-order valence-electron chi connectivity index (χ1n) is 6.83. The molecular weight excluding hydrogens is 289 g/mol. The minimum atomic E-state index is -0.572. The summed E-state index contributed by atoms with van der Waals surface area (Å²) in [5.74, 6) is 4.50. The zero-order chi connectivity index (χ0) is 15.3. The monoisotopic (exact) mass is 307 g/mol. The van der Waals surface area contributed by atoms with E-state index in [1.54, 1.807) is 17.8 Å². The topological polar surface area (TPSA) is 49.3 Å². The molecule has 5 heteroatoms. The number of benzene rings is 1. The van der Waals surface area contributed by atoms with Crippen molar-refractivity contribution in [3.63, 3.8) is 0 Å². The average molecular weight is 307 g/mol. The quantitative estimate of drug-likeness (QED) is 0.820. The summed E-state index contributed by atoms with van der Waals surface area (Å²) in [7, 11) is 0. The Morgan fingerprint density at radius 1 is 1.52 bits per heavy atom. The van der Waals surface area contributed by atoms with E-state index >= 15 is 0 Å². The molecule has 1 aromatic rings. The van der Waals surface area contributed by atoms with Gasteiger partial charge in [-0.25, -0.2) is 4.39 Å². The van der Waals surface area contributed by atoms with Gasteiger partial charge in [0.1, 0.15) is 5.82 Å². The maximum Gasteiger partial charge on any atom is 0.254 e. The number of hydrogen-bond acceptors (Lipinski definition) is 3. The molecule has 0 heterocycles. The normalized spacial score (nSPS) is 15.0. The smallest absolute Gasteiger partial charge is 0.254 e. The van der Waals surface area contributed by atoms with Crippen molar-refractivity contribution < 1.29 is 14.3 Å². The van der Waals surface area contributed by atoms with Crippen molar-refractivity contribution in [3.8, 4) is 11.8 Å². The Hall–Kier alpha value is -1.51. The van der Waals surface area contributed by atoms with Gasteiger partial charge in [-0.1, -0.05) is 11.8 Å². The highest BCUT2D eigenvalue weighted by molar-refractivity contribution is 8.00. The molecule has 0 saturated heterocycles. The fourth-order valence-electron chi connectivity index (χ4n) is 1.93. The molecular formula is C16H18FNO2S. The molecule has 0 radical (unpaired) electrons. The molecule has 1 aliphatic carbocycles. The predicted octanol–water partition coefficient (Wildman–Crippen LogP) is 2.19. The zero-order valence-electron chi connectivity index (χ0n) is 11.9. The predicted molar refractivity (Wildman–Crippen MR) is 82.8 cm³/mol. The Kier molecular flexibility index (Phi) is 5.27. The summed E-state index contributed by atoms with van der Waals surface area (Å²) in [6, 6.07) is 4.32. The molecule has 1 fully saturated rings. The van der Waals surface area contributed by atoms with Gasteiger partial charge in [-0.3, -0.25) is 4.79 Å². The van der Waals surface area contributed by atoms with Gasteiger partial charge in [0.15, 0.2) is 0 Å². The summed E-state index contributed by atoms with van der Waals surface area (Å²) in [6.07, 6.45) is 4.56. The van der Waals surface area contributed by atoms with Crippen molar-refractivity contribution in [1.29, 1.82) is 0 Å². The number of aliphatic hydroxyl groups excluding tert-OH is 1. The molecule has 1 amide bonds. The summed E-state index contributed by atoms with van der Waals surface area (Å²) in [4.78, 5) is 12.0. The van der Waals surface area contributed by atoms with Crippen LogP contribution in [-0.4, -0.2) is 35.2 Å². The van der Waals surface area contributed by atoms with Crippen LogP contribution in [-0.2, 0) is 0 Å². The third kappa shape index (κ3) is 4.23. The highest BCUT2D eigenvalue weighted by atomic mass is 32.2. The number of hydrogen-bond donors (Lipinski definition) is 2. The minimum absolute atomic E-state index is 0.0207. The highest BCUT2D eigenvalue weighted by Gasteiger charge is 2.42. The van der Waals surface area contributed by atoms with Crippen molar-refractivity contribution >= 4 is 17.7 Å². The van der Waals surface area contributed by atoms with Crippen molar-refractivity contribution in [2.24, 2.45) is 0 Å². The molecule has 1 aliphatic rings. The first-order valence-corrected chi connectivity index (χ1v) is 8.05. The number of carbonyl (C=O) groups excluding carboxylic acids is 1. The molecule has 0 aliphatic heterocycles. The lowest BCUT2D eigenvalue weighted by molar-refractivity contribution is 0.0949. The van der Waals surface area contributed by atoms with E-state index in [4.69, 9.17) is 5.11 Å². The van der Waals surface area contributed by atoms with Gasteiger partial charge >= 0.3 is 0 Å². The van der Waals surface area contributed by atoms with Crippen LogP contribution in [0, 0.1) is 17.7 Å². The number of amides is 1. The molecule has 1 saturated carbocycles. The van der Waals surface area contributed by atoms with Crippen LogP contribution < -0.4 is 5.32 Å². The van der Waals surface area contributed by atoms with E-state index in [-0.39, 0.29) is 22.8 Å². The Morgan fingerprint density at radius 3 is 2.86 bits per heavy atom. The molecule has 0 spiro atoms. The average Bonchev–Trinajstić information content (AvgIpc) is 3.26. The molecule has 0 aromatic heterocycles. The summed E-state index contributed by atoms with van der Waals surface area (Å²) < 4.78 is 14.1. The number of thioether (sulfide) groups is 1. The van der Waals surface area contributed by atoms with Crippen LogP contribution >= 0.6 is 11.8 Å². The molecule has 2 N–H and O–H groups in total. The van der Waals surface area contributed by atoms with Crippen LogP contribution in [0.3, 0.4) is 0 Å². The van der Waals surface area contributed by atoms with E-state index in [1.807, 2.05) is 6.26 Å². The van der Waals surface area contributed by atoms with Gasteiger partial charge in [-0.2, -0.15) is 11.8 Å². The zero-order valence-corrected chi connectivity index (χ0v) is 12.7.